The fourth-order valence-corrected chi connectivity index (χ4v) is 5.74. The molecule has 0 spiro atoms. The van der Waals surface area contributed by atoms with Gasteiger partial charge in [-0.05, 0) is 52.6 Å². The lowest BCUT2D eigenvalue weighted by Crippen LogP contribution is -2.30. The monoisotopic (exact) mass is 572 g/mol. The number of fused-ring (bicyclic) bond motifs is 3. The van der Waals surface area contributed by atoms with Gasteiger partial charge in [-0.3, -0.25) is 15.0 Å². The van der Waals surface area contributed by atoms with Crippen LogP contribution in [0.15, 0.2) is 66.9 Å². The van der Waals surface area contributed by atoms with Gasteiger partial charge in [0, 0.05) is 43.0 Å². The van der Waals surface area contributed by atoms with Gasteiger partial charge < -0.3 is 10.1 Å². The molecule has 42 heavy (non-hydrogen) atoms. The maximum absolute atomic E-state index is 14.2. The number of hydrogen-bond acceptors (Lipinski definition) is 5. The fraction of sp³-hybridized carbons (Fsp3) is 0.194. The average molecular weight is 573 g/mol. The number of phenols is 1. The van der Waals surface area contributed by atoms with E-state index in [2.05, 4.69) is 43.3 Å². The highest BCUT2D eigenvalue weighted by molar-refractivity contribution is 5.94. The summed E-state index contributed by atoms with van der Waals surface area (Å²) < 4.78 is 53.8. The number of phenolic OH excluding ortho intramolecular Hbond substituents is 1. The van der Waals surface area contributed by atoms with Gasteiger partial charge in [-0.25, -0.2) is 9.37 Å². The molecule has 0 unspecified atom stereocenters. The molecule has 1 aliphatic rings. The minimum atomic E-state index is -4.52. The van der Waals surface area contributed by atoms with Crippen molar-refractivity contribution in [3.8, 4) is 28.4 Å². The van der Waals surface area contributed by atoms with E-state index >= 15 is 0 Å². The van der Waals surface area contributed by atoms with Crippen LogP contribution in [0.5, 0.6) is 5.75 Å². The van der Waals surface area contributed by atoms with Crippen LogP contribution in [0.1, 0.15) is 22.5 Å². The normalized spacial score (nSPS) is 14.1. The Bertz CT molecular complexity index is 1960. The SMILES string of the molecule is Oc1cc(CC(F)(F)F)c(-c2ccc3c(-c4nc5c([nH]4)CN(Cc4cccc6cccnc46)CC5)n[nH]c3c2)cc1F. The molecule has 0 fully saturated rings. The van der Waals surface area contributed by atoms with Crippen LogP contribution < -0.4 is 0 Å². The Morgan fingerprint density at radius 1 is 1.00 bits per heavy atom. The van der Waals surface area contributed by atoms with Gasteiger partial charge in [-0.2, -0.15) is 18.3 Å². The smallest absolute Gasteiger partial charge is 0.393 e. The zero-order valence-corrected chi connectivity index (χ0v) is 22.1. The highest BCUT2D eigenvalue weighted by atomic mass is 19.4. The number of halogens is 4. The second-order valence-corrected chi connectivity index (χ2v) is 10.5. The molecule has 0 saturated carbocycles. The van der Waals surface area contributed by atoms with E-state index in [0.29, 0.717) is 29.1 Å². The second-order valence-electron chi connectivity index (χ2n) is 10.5. The Labute approximate surface area is 236 Å². The first-order chi connectivity index (χ1) is 20.2. The number of para-hydroxylation sites is 1. The van der Waals surface area contributed by atoms with Crippen LogP contribution in [0.3, 0.4) is 0 Å². The zero-order chi connectivity index (χ0) is 29.0. The summed E-state index contributed by atoms with van der Waals surface area (Å²) in [4.78, 5) is 15.2. The topological polar surface area (TPSA) is 93.7 Å². The van der Waals surface area contributed by atoms with Crippen molar-refractivity contribution in [2.45, 2.75) is 32.1 Å². The molecule has 7 nitrogen and oxygen atoms in total. The van der Waals surface area contributed by atoms with Crippen molar-refractivity contribution in [1.29, 1.82) is 0 Å². The summed E-state index contributed by atoms with van der Waals surface area (Å²) >= 11 is 0. The molecule has 0 bridgehead atoms. The molecule has 4 heterocycles. The number of hydrogen-bond donors (Lipinski definition) is 3. The Morgan fingerprint density at radius 2 is 1.86 bits per heavy atom. The molecule has 1 aliphatic heterocycles. The third-order valence-electron chi connectivity index (χ3n) is 7.68. The first kappa shape index (κ1) is 26.1. The van der Waals surface area contributed by atoms with Crippen LogP contribution in [0, 0.1) is 5.82 Å². The van der Waals surface area contributed by atoms with E-state index in [1.807, 2.05) is 18.3 Å². The van der Waals surface area contributed by atoms with Gasteiger partial charge in [0.05, 0.1) is 28.8 Å². The van der Waals surface area contributed by atoms with Crippen molar-refractivity contribution >= 4 is 21.8 Å². The summed E-state index contributed by atoms with van der Waals surface area (Å²) in [6.45, 7) is 2.28. The lowest BCUT2D eigenvalue weighted by atomic mass is 9.96. The Balaban J connectivity index is 1.16. The quantitative estimate of drug-likeness (QED) is 0.201. The van der Waals surface area contributed by atoms with Crippen molar-refractivity contribution in [3.63, 3.8) is 0 Å². The van der Waals surface area contributed by atoms with Crippen molar-refractivity contribution in [2.24, 2.45) is 0 Å². The standard InChI is InChI=1S/C31H24F4N6O/c32-23-13-22(20(12-27(23)42)14-31(33,34)35)18-6-7-21-25(11-18)39-40-29(21)30-37-24-8-10-41(16-26(24)38-30)15-19-4-1-3-17-5-2-9-36-28(17)19/h1-7,9,11-13,42H,8,10,14-16H2,(H,37,38)(H,39,40). The van der Waals surface area contributed by atoms with E-state index in [1.165, 1.54) is 0 Å². The molecule has 0 aliphatic carbocycles. The number of alkyl halides is 3. The van der Waals surface area contributed by atoms with E-state index in [0.717, 1.165) is 64.9 Å². The van der Waals surface area contributed by atoms with Crippen LogP contribution in [0.2, 0.25) is 0 Å². The van der Waals surface area contributed by atoms with Crippen LogP contribution in [0.25, 0.3) is 44.5 Å². The first-order valence-electron chi connectivity index (χ1n) is 13.4. The summed E-state index contributed by atoms with van der Waals surface area (Å²) in [7, 11) is 0. The van der Waals surface area contributed by atoms with E-state index in [4.69, 9.17) is 4.98 Å². The van der Waals surface area contributed by atoms with Crippen molar-refractivity contribution in [1.82, 2.24) is 30.0 Å². The van der Waals surface area contributed by atoms with Crippen LogP contribution in [-0.2, 0) is 25.9 Å². The number of pyridine rings is 1. The van der Waals surface area contributed by atoms with E-state index in [-0.39, 0.29) is 11.1 Å². The van der Waals surface area contributed by atoms with E-state index in [9.17, 15) is 22.7 Å². The largest absolute Gasteiger partial charge is 0.505 e. The van der Waals surface area contributed by atoms with Crippen LogP contribution in [-0.4, -0.2) is 47.9 Å². The molecule has 7 rings (SSSR count). The molecule has 11 heteroatoms. The van der Waals surface area contributed by atoms with Crippen LogP contribution >= 0.6 is 0 Å². The summed E-state index contributed by atoms with van der Waals surface area (Å²) in [6, 6.07) is 16.9. The summed E-state index contributed by atoms with van der Waals surface area (Å²) in [6.07, 6.45) is -3.24. The highest BCUT2D eigenvalue weighted by Gasteiger charge is 2.30. The summed E-state index contributed by atoms with van der Waals surface area (Å²) in [5.74, 6) is -1.22. The maximum Gasteiger partial charge on any atom is 0.393 e. The highest BCUT2D eigenvalue weighted by Crippen LogP contribution is 2.36. The number of nitrogens with zero attached hydrogens (tertiary/aromatic N) is 4. The number of aromatic hydroxyl groups is 1. The lowest BCUT2D eigenvalue weighted by Gasteiger charge is -2.26. The minimum absolute atomic E-state index is 0.0515. The molecule has 0 atom stereocenters. The van der Waals surface area contributed by atoms with Gasteiger partial charge in [0.2, 0.25) is 0 Å². The predicted molar refractivity (Wildman–Crippen MR) is 150 cm³/mol. The second kappa shape index (κ2) is 9.95. The number of imidazole rings is 1. The molecule has 3 aromatic heterocycles. The number of H-pyrrole nitrogens is 2. The number of aromatic amines is 2. The van der Waals surface area contributed by atoms with Crippen molar-refractivity contribution < 1.29 is 22.7 Å². The molecule has 0 saturated heterocycles. The molecule has 6 aromatic rings. The number of nitrogens with one attached hydrogen (secondary N) is 2. The lowest BCUT2D eigenvalue weighted by molar-refractivity contribution is -0.127. The number of benzene rings is 3. The molecule has 3 aromatic carbocycles. The summed E-state index contributed by atoms with van der Waals surface area (Å²) in [5, 5.41) is 18.9. The average Bonchev–Trinajstić information content (AvgIpc) is 3.57. The van der Waals surface area contributed by atoms with Gasteiger partial charge >= 0.3 is 6.18 Å². The third kappa shape index (κ3) is 4.85. The number of rotatable bonds is 5. The number of aromatic nitrogens is 5. The van der Waals surface area contributed by atoms with Gasteiger partial charge in [-0.15, -0.1) is 0 Å². The van der Waals surface area contributed by atoms with Gasteiger partial charge in [0.25, 0.3) is 0 Å². The molecule has 3 N–H and O–H groups in total. The van der Waals surface area contributed by atoms with Gasteiger partial charge in [0.15, 0.2) is 17.4 Å². The zero-order valence-electron chi connectivity index (χ0n) is 22.1. The Kier molecular flexibility index (Phi) is 6.19. The predicted octanol–water partition coefficient (Wildman–Crippen LogP) is 6.68. The minimum Gasteiger partial charge on any atom is -0.505 e. The third-order valence-corrected chi connectivity index (χ3v) is 7.68. The van der Waals surface area contributed by atoms with Crippen LogP contribution in [0.4, 0.5) is 17.6 Å². The molecule has 212 valence electrons. The summed E-state index contributed by atoms with van der Waals surface area (Å²) in [5.41, 5.74) is 5.50. The van der Waals surface area contributed by atoms with Gasteiger partial charge in [0.1, 0.15) is 5.69 Å². The van der Waals surface area contributed by atoms with E-state index < -0.39 is 24.2 Å². The molecule has 0 amide bonds. The Morgan fingerprint density at radius 3 is 2.71 bits per heavy atom. The van der Waals surface area contributed by atoms with E-state index in [1.54, 1.807) is 18.2 Å². The molecular formula is C31H24F4N6O. The first-order valence-corrected chi connectivity index (χ1v) is 13.4. The fourth-order valence-electron chi connectivity index (χ4n) is 5.74. The molecule has 0 radical (unpaired) electrons. The molecular weight excluding hydrogens is 548 g/mol. The van der Waals surface area contributed by atoms with Crippen molar-refractivity contribution in [3.05, 3.63) is 95.2 Å². The van der Waals surface area contributed by atoms with Crippen molar-refractivity contribution in [2.75, 3.05) is 6.54 Å². The van der Waals surface area contributed by atoms with Gasteiger partial charge in [-0.1, -0.05) is 30.3 Å². The maximum atomic E-state index is 14.2. The Hall–Kier alpha value is -4.77.